The average molecular weight is 240 g/mol. The first kappa shape index (κ1) is 10.8. The monoisotopic (exact) mass is 240 g/mol. The first-order valence-corrected chi connectivity index (χ1v) is 5.78. The molecule has 1 N–H and O–H groups in total. The maximum Gasteiger partial charge on any atom is 0.226 e. The number of nitrogens with zero attached hydrogens (tertiary/aromatic N) is 3. The first-order valence-electron chi connectivity index (χ1n) is 5.78. The topological polar surface area (TPSA) is 66.2 Å². The number of benzene rings is 1. The van der Waals surface area contributed by atoms with E-state index in [-0.39, 0.29) is 11.9 Å². The van der Waals surface area contributed by atoms with Crippen LogP contribution in [0.4, 0.5) is 0 Å². The Morgan fingerprint density at radius 3 is 2.78 bits per heavy atom. The molecule has 1 aromatic rings. The highest BCUT2D eigenvalue weighted by atomic mass is 16.1. The molecular formula is C13H12N4O. The van der Waals surface area contributed by atoms with Gasteiger partial charge in [-0.2, -0.15) is 5.10 Å². The third-order valence-electron chi connectivity index (χ3n) is 2.89. The van der Waals surface area contributed by atoms with Crippen molar-refractivity contribution < 1.29 is 4.79 Å². The molecule has 3 rings (SSSR count). The van der Waals surface area contributed by atoms with E-state index in [1.54, 1.807) is 0 Å². The van der Waals surface area contributed by atoms with Gasteiger partial charge in [0.1, 0.15) is 11.8 Å². The molecule has 5 nitrogen and oxygen atoms in total. The van der Waals surface area contributed by atoms with E-state index in [9.17, 15) is 4.79 Å². The maximum absolute atomic E-state index is 11.7. The van der Waals surface area contributed by atoms with E-state index in [4.69, 9.17) is 0 Å². The number of hydrogen-bond donors (Lipinski definition) is 1. The zero-order valence-electron chi connectivity index (χ0n) is 9.92. The molecule has 1 unspecified atom stereocenters. The summed E-state index contributed by atoms with van der Waals surface area (Å²) < 4.78 is 0. The smallest absolute Gasteiger partial charge is 0.226 e. The minimum absolute atomic E-state index is 0.0445. The lowest BCUT2D eigenvalue weighted by molar-refractivity contribution is -0.119. The summed E-state index contributed by atoms with van der Waals surface area (Å²) in [5.74, 6) is 0.522. The standard InChI is InChI=1S/C13H12N4O/c1-8-7-10(18)15-12-11(16-17-13(12)14-8)9-5-3-2-4-6-9/h2-6,12H,7H2,1H3,(H,15,18). The fraction of sp³-hybridized carbons (Fsp3) is 0.231. The van der Waals surface area contributed by atoms with Crippen LogP contribution in [0.1, 0.15) is 18.9 Å². The molecular weight excluding hydrogens is 228 g/mol. The SMILES string of the molecule is CC1=NC2=NN=C(c3ccccc3)C2NC(=O)C1. The highest BCUT2D eigenvalue weighted by Crippen LogP contribution is 2.15. The van der Waals surface area contributed by atoms with Crippen LogP contribution in [0.25, 0.3) is 0 Å². The molecule has 0 saturated carbocycles. The van der Waals surface area contributed by atoms with Crippen molar-refractivity contribution in [2.75, 3.05) is 0 Å². The van der Waals surface area contributed by atoms with Crippen LogP contribution < -0.4 is 5.32 Å². The fourth-order valence-electron chi connectivity index (χ4n) is 2.08. The van der Waals surface area contributed by atoms with Gasteiger partial charge in [-0.3, -0.25) is 4.79 Å². The summed E-state index contributed by atoms with van der Waals surface area (Å²) in [5, 5.41) is 11.1. The minimum atomic E-state index is -0.322. The van der Waals surface area contributed by atoms with Gasteiger partial charge in [-0.25, -0.2) is 4.99 Å². The normalized spacial score (nSPS) is 22.4. The van der Waals surface area contributed by atoms with E-state index < -0.39 is 0 Å². The molecule has 2 heterocycles. The van der Waals surface area contributed by atoms with Crippen LogP contribution in [0.3, 0.4) is 0 Å². The van der Waals surface area contributed by atoms with Gasteiger partial charge in [0.2, 0.25) is 5.91 Å². The largest absolute Gasteiger partial charge is 0.340 e. The number of amidine groups is 1. The second-order valence-corrected chi connectivity index (χ2v) is 4.33. The summed E-state index contributed by atoms with van der Waals surface area (Å²) in [6.45, 7) is 1.82. The third-order valence-corrected chi connectivity index (χ3v) is 2.89. The second kappa shape index (κ2) is 4.18. The van der Waals surface area contributed by atoms with Crippen molar-refractivity contribution in [3.8, 4) is 0 Å². The Bertz CT molecular complexity index is 586. The van der Waals surface area contributed by atoms with E-state index in [2.05, 4.69) is 20.5 Å². The summed E-state index contributed by atoms with van der Waals surface area (Å²) in [7, 11) is 0. The predicted molar refractivity (Wildman–Crippen MR) is 70.1 cm³/mol. The third kappa shape index (κ3) is 1.84. The van der Waals surface area contributed by atoms with Crippen molar-refractivity contribution in [2.45, 2.75) is 19.4 Å². The summed E-state index contributed by atoms with van der Waals surface area (Å²) in [6, 6.07) is 9.38. The van der Waals surface area contributed by atoms with Crippen LogP contribution in [0.2, 0.25) is 0 Å². The Morgan fingerprint density at radius 1 is 1.22 bits per heavy atom. The van der Waals surface area contributed by atoms with Crippen molar-refractivity contribution in [3.63, 3.8) is 0 Å². The zero-order valence-corrected chi connectivity index (χ0v) is 9.92. The van der Waals surface area contributed by atoms with Gasteiger partial charge in [0.25, 0.3) is 0 Å². The van der Waals surface area contributed by atoms with Gasteiger partial charge in [0.05, 0.1) is 6.42 Å². The summed E-state index contributed by atoms with van der Waals surface area (Å²) in [6.07, 6.45) is 0.317. The van der Waals surface area contributed by atoms with Crippen LogP contribution in [-0.2, 0) is 4.79 Å². The Hall–Kier alpha value is -2.30. The number of amides is 1. The number of carbonyl (C=O) groups is 1. The molecule has 18 heavy (non-hydrogen) atoms. The molecule has 1 atom stereocenters. The Balaban J connectivity index is 1.97. The number of aliphatic imine (C=N–C) groups is 1. The molecule has 90 valence electrons. The van der Waals surface area contributed by atoms with Crippen molar-refractivity contribution in [1.29, 1.82) is 0 Å². The molecule has 1 amide bonds. The molecule has 0 spiro atoms. The summed E-state index contributed by atoms with van der Waals surface area (Å²) >= 11 is 0. The lowest BCUT2D eigenvalue weighted by Gasteiger charge is -2.12. The van der Waals surface area contributed by atoms with Gasteiger partial charge >= 0.3 is 0 Å². The molecule has 5 heteroatoms. The Labute approximate surface area is 104 Å². The predicted octanol–water partition coefficient (Wildman–Crippen LogP) is 1.15. The van der Waals surface area contributed by atoms with E-state index in [0.717, 1.165) is 17.0 Å². The lowest BCUT2D eigenvalue weighted by atomic mass is 10.0. The van der Waals surface area contributed by atoms with Crippen LogP contribution in [0.15, 0.2) is 45.5 Å². The number of nitrogens with one attached hydrogen (secondary N) is 1. The summed E-state index contributed by atoms with van der Waals surface area (Å²) in [4.78, 5) is 16.0. The molecule has 0 bridgehead atoms. The van der Waals surface area contributed by atoms with E-state index in [1.807, 2.05) is 37.3 Å². The van der Waals surface area contributed by atoms with Crippen molar-refractivity contribution in [1.82, 2.24) is 5.32 Å². The molecule has 0 radical (unpaired) electrons. The molecule has 0 saturated heterocycles. The summed E-state index contributed by atoms with van der Waals surface area (Å²) in [5.41, 5.74) is 2.46. The van der Waals surface area contributed by atoms with Gasteiger partial charge in [-0.05, 0) is 6.92 Å². The van der Waals surface area contributed by atoms with E-state index in [1.165, 1.54) is 0 Å². The lowest BCUT2D eigenvalue weighted by Crippen LogP contribution is -2.43. The van der Waals surface area contributed by atoms with Crippen LogP contribution in [0.5, 0.6) is 0 Å². The highest BCUT2D eigenvalue weighted by Gasteiger charge is 2.31. The van der Waals surface area contributed by atoms with Gasteiger partial charge in [-0.1, -0.05) is 30.3 Å². The van der Waals surface area contributed by atoms with Crippen molar-refractivity contribution >= 4 is 23.2 Å². The van der Waals surface area contributed by atoms with E-state index in [0.29, 0.717) is 12.3 Å². The highest BCUT2D eigenvalue weighted by molar-refractivity contribution is 6.25. The van der Waals surface area contributed by atoms with Gasteiger partial charge in [0.15, 0.2) is 5.84 Å². The number of carbonyl (C=O) groups excluding carboxylic acids is 1. The Morgan fingerprint density at radius 2 is 2.00 bits per heavy atom. The van der Waals surface area contributed by atoms with Crippen molar-refractivity contribution in [3.05, 3.63) is 35.9 Å². The Kier molecular flexibility index (Phi) is 2.51. The number of hydrogen-bond acceptors (Lipinski definition) is 4. The van der Waals surface area contributed by atoms with Crippen LogP contribution in [0, 0.1) is 0 Å². The molecule has 0 aliphatic carbocycles. The number of rotatable bonds is 1. The van der Waals surface area contributed by atoms with Gasteiger partial charge in [-0.15, -0.1) is 5.10 Å². The van der Waals surface area contributed by atoms with Gasteiger partial charge < -0.3 is 5.32 Å². The first-order chi connectivity index (χ1) is 8.74. The fourth-order valence-corrected chi connectivity index (χ4v) is 2.08. The second-order valence-electron chi connectivity index (χ2n) is 4.33. The molecule has 2 aliphatic heterocycles. The van der Waals surface area contributed by atoms with E-state index >= 15 is 0 Å². The van der Waals surface area contributed by atoms with Crippen LogP contribution in [-0.4, -0.2) is 29.2 Å². The van der Waals surface area contributed by atoms with Crippen molar-refractivity contribution in [2.24, 2.45) is 15.2 Å². The number of fused-ring (bicyclic) bond motifs is 1. The zero-order chi connectivity index (χ0) is 12.5. The molecule has 2 aliphatic rings. The van der Waals surface area contributed by atoms with Gasteiger partial charge in [0, 0.05) is 11.3 Å². The van der Waals surface area contributed by atoms with Crippen LogP contribution >= 0.6 is 0 Å². The minimum Gasteiger partial charge on any atom is -0.340 e. The molecule has 1 aromatic carbocycles. The molecule has 0 aromatic heterocycles. The molecule has 0 fully saturated rings. The maximum atomic E-state index is 11.7. The average Bonchev–Trinajstić information content (AvgIpc) is 2.66. The quantitative estimate of drug-likeness (QED) is 0.786.